The number of carbonyl (C=O) groups is 1. The summed E-state index contributed by atoms with van der Waals surface area (Å²) in [5, 5.41) is 0.221. The summed E-state index contributed by atoms with van der Waals surface area (Å²) in [6, 6.07) is 7.83. The van der Waals surface area contributed by atoms with Crippen molar-refractivity contribution in [3.05, 3.63) is 35.4 Å². The Hall–Kier alpha value is -0.543. The maximum Gasteiger partial charge on any atom is 0.212 e. The second-order valence-electron chi connectivity index (χ2n) is 2.50. The lowest BCUT2D eigenvalue weighted by Crippen LogP contribution is -1.97. The summed E-state index contributed by atoms with van der Waals surface area (Å²) in [6.07, 6.45) is 0.935. The van der Waals surface area contributed by atoms with E-state index < -0.39 is 0 Å². The zero-order valence-corrected chi connectivity index (χ0v) is 10.1. The van der Waals surface area contributed by atoms with Crippen LogP contribution >= 0.6 is 11.2 Å². The molecule has 0 bridgehead atoms. The first-order chi connectivity index (χ1) is 5.79. The number of hydrogen-bond donors (Lipinski definition) is 0. The van der Waals surface area contributed by atoms with Gasteiger partial charge in [0.15, 0.2) is 0 Å². The molecule has 12 heavy (non-hydrogen) atoms. The topological polar surface area (TPSA) is 17.1 Å². The van der Waals surface area contributed by atoms with E-state index in [1.54, 1.807) is 0 Å². The second-order valence-corrected chi connectivity index (χ2v) is 4.51. The van der Waals surface area contributed by atoms with Gasteiger partial charge in [0.25, 0.3) is 0 Å². The van der Waals surface area contributed by atoms with Crippen LogP contribution in [0.2, 0.25) is 0 Å². The van der Waals surface area contributed by atoms with Crippen LogP contribution in [0.25, 0.3) is 0 Å². The van der Waals surface area contributed by atoms with Crippen LogP contribution in [-0.4, -0.2) is 14.5 Å². The molecule has 0 aliphatic carbocycles. The number of benzene rings is 1. The van der Waals surface area contributed by atoms with Gasteiger partial charge in [0.2, 0.25) is 5.12 Å². The molecule has 0 aliphatic rings. The third kappa shape index (κ3) is 1.99. The maximum absolute atomic E-state index is 11.4. The minimum Gasteiger partial charge on any atom is -0.282 e. The van der Waals surface area contributed by atoms with Gasteiger partial charge in [0.05, 0.1) is 9.39 Å². The number of carbonyl (C=O) groups excluding carboxylic acids is 1. The molecule has 0 aliphatic heterocycles. The van der Waals surface area contributed by atoms with Crippen LogP contribution in [0.3, 0.4) is 0 Å². The summed E-state index contributed by atoms with van der Waals surface area (Å²) < 4.78 is 0. The van der Waals surface area contributed by atoms with E-state index in [0.717, 1.165) is 26.9 Å². The Balaban J connectivity index is 3.04. The average Bonchev–Trinajstić information content (AvgIpc) is 2.16. The SMILES string of the molecule is CCc1ccccc1C(=O)S[SiH3]. The first-order valence-electron chi connectivity index (χ1n) is 3.95. The molecule has 0 fully saturated rings. The molecule has 0 saturated carbocycles. The summed E-state index contributed by atoms with van der Waals surface area (Å²) >= 11 is 1.41. The van der Waals surface area contributed by atoms with Crippen molar-refractivity contribution in [3.63, 3.8) is 0 Å². The molecule has 0 saturated heterocycles. The van der Waals surface area contributed by atoms with Gasteiger partial charge in [-0.3, -0.25) is 4.79 Å². The molecule has 0 radical (unpaired) electrons. The maximum atomic E-state index is 11.4. The first-order valence-corrected chi connectivity index (χ1v) is 7.63. The molecule has 1 aromatic rings. The van der Waals surface area contributed by atoms with Gasteiger partial charge < -0.3 is 0 Å². The molecule has 0 amide bonds. The molecular weight excluding hydrogens is 184 g/mol. The van der Waals surface area contributed by atoms with Crippen molar-refractivity contribution in [1.29, 1.82) is 0 Å². The van der Waals surface area contributed by atoms with Crippen molar-refractivity contribution < 1.29 is 4.79 Å². The van der Waals surface area contributed by atoms with Crippen LogP contribution in [0.15, 0.2) is 24.3 Å². The van der Waals surface area contributed by atoms with Crippen LogP contribution in [0.1, 0.15) is 22.8 Å². The van der Waals surface area contributed by atoms with Crippen molar-refractivity contribution in [2.45, 2.75) is 13.3 Å². The van der Waals surface area contributed by atoms with Crippen LogP contribution in [-0.2, 0) is 6.42 Å². The van der Waals surface area contributed by atoms with E-state index in [4.69, 9.17) is 0 Å². The Bertz CT molecular complexity index is 286. The highest BCUT2D eigenvalue weighted by molar-refractivity contribution is 8.31. The molecule has 0 unspecified atom stereocenters. The Morgan fingerprint density at radius 1 is 1.50 bits per heavy atom. The summed E-state index contributed by atoms with van der Waals surface area (Å²) in [6.45, 7) is 2.07. The second kappa shape index (κ2) is 4.47. The smallest absolute Gasteiger partial charge is 0.212 e. The van der Waals surface area contributed by atoms with Crippen molar-refractivity contribution in [2.75, 3.05) is 0 Å². The Labute approximate surface area is 79.6 Å². The van der Waals surface area contributed by atoms with E-state index in [1.165, 1.54) is 11.2 Å². The van der Waals surface area contributed by atoms with Crippen LogP contribution in [0, 0.1) is 0 Å². The van der Waals surface area contributed by atoms with E-state index in [0.29, 0.717) is 0 Å². The van der Waals surface area contributed by atoms with Gasteiger partial charge in [0.1, 0.15) is 0 Å². The first kappa shape index (κ1) is 9.54. The molecule has 0 spiro atoms. The molecule has 64 valence electrons. The van der Waals surface area contributed by atoms with Gasteiger partial charge in [-0.25, -0.2) is 0 Å². The molecule has 0 N–H and O–H groups in total. The standard InChI is InChI=1S/C9H12OSSi/c1-2-7-5-3-4-6-8(7)9(10)11-12/h3-6H,2H2,1,12H3. The van der Waals surface area contributed by atoms with Crippen LogP contribution in [0.4, 0.5) is 0 Å². The Kier molecular flexibility index (Phi) is 3.56. The fraction of sp³-hybridized carbons (Fsp3) is 0.222. The predicted octanol–water partition coefficient (Wildman–Crippen LogP) is 1.40. The van der Waals surface area contributed by atoms with Gasteiger partial charge in [-0.15, -0.1) is 11.2 Å². The van der Waals surface area contributed by atoms with Crippen LogP contribution in [0.5, 0.6) is 0 Å². The summed E-state index contributed by atoms with van der Waals surface area (Å²) in [5.41, 5.74) is 2.05. The third-order valence-corrected chi connectivity index (χ3v) is 3.51. The molecule has 3 heteroatoms. The summed E-state index contributed by atoms with van der Waals surface area (Å²) in [5.74, 6) is 0. The summed E-state index contributed by atoms with van der Waals surface area (Å²) in [4.78, 5) is 11.4. The highest BCUT2D eigenvalue weighted by Crippen LogP contribution is 2.14. The van der Waals surface area contributed by atoms with Gasteiger partial charge in [-0.2, -0.15) is 0 Å². The average molecular weight is 196 g/mol. The highest BCUT2D eigenvalue weighted by atomic mass is 32.4. The molecule has 1 aromatic carbocycles. The fourth-order valence-corrected chi connectivity index (χ4v) is 2.22. The molecule has 0 heterocycles. The van der Waals surface area contributed by atoms with E-state index in [1.807, 2.05) is 24.3 Å². The fourth-order valence-electron chi connectivity index (χ4n) is 1.14. The van der Waals surface area contributed by atoms with Gasteiger partial charge in [-0.1, -0.05) is 31.2 Å². The van der Waals surface area contributed by atoms with Crippen molar-refractivity contribution in [3.8, 4) is 0 Å². The quantitative estimate of drug-likeness (QED) is 0.665. The normalized spacial score (nSPS) is 10.1. The minimum absolute atomic E-state index is 0.221. The molecular formula is C9H12OSSi. The van der Waals surface area contributed by atoms with Crippen molar-refractivity contribution in [2.24, 2.45) is 0 Å². The van der Waals surface area contributed by atoms with E-state index in [9.17, 15) is 4.79 Å². The number of hydrogen-bond acceptors (Lipinski definition) is 2. The van der Waals surface area contributed by atoms with E-state index >= 15 is 0 Å². The molecule has 0 aromatic heterocycles. The lowest BCUT2D eigenvalue weighted by Gasteiger charge is -2.03. The Morgan fingerprint density at radius 3 is 2.75 bits per heavy atom. The largest absolute Gasteiger partial charge is 0.282 e. The molecule has 1 rings (SSSR count). The monoisotopic (exact) mass is 196 g/mol. The zero-order valence-electron chi connectivity index (χ0n) is 7.33. The van der Waals surface area contributed by atoms with Crippen LogP contribution < -0.4 is 0 Å². The van der Waals surface area contributed by atoms with Crippen molar-refractivity contribution >= 4 is 25.7 Å². The Morgan fingerprint density at radius 2 is 2.17 bits per heavy atom. The van der Waals surface area contributed by atoms with Gasteiger partial charge >= 0.3 is 0 Å². The minimum atomic E-state index is 0.221. The molecule has 0 atom stereocenters. The van der Waals surface area contributed by atoms with Gasteiger partial charge in [-0.05, 0) is 12.0 Å². The van der Waals surface area contributed by atoms with E-state index in [2.05, 4.69) is 6.92 Å². The lowest BCUT2D eigenvalue weighted by atomic mass is 10.1. The zero-order chi connectivity index (χ0) is 8.97. The number of rotatable bonds is 2. The summed E-state index contributed by atoms with van der Waals surface area (Å²) in [7, 11) is 0.875. The van der Waals surface area contributed by atoms with E-state index in [-0.39, 0.29) is 5.12 Å². The predicted molar refractivity (Wildman–Crippen MR) is 57.7 cm³/mol. The van der Waals surface area contributed by atoms with Crippen molar-refractivity contribution in [1.82, 2.24) is 0 Å². The highest BCUT2D eigenvalue weighted by Gasteiger charge is 2.06. The molecule has 1 nitrogen and oxygen atoms in total. The lowest BCUT2D eigenvalue weighted by molar-refractivity contribution is 0.108. The third-order valence-electron chi connectivity index (χ3n) is 1.80. The van der Waals surface area contributed by atoms with Gasteiger partial charge in [0, 0.05) is 5.56 Å². The number of aryl methyl sites for hydroxylation is 1.